The summed E-state index contributed by atoms with van der Waals surface area (Å²) in [7, 11) is 0. The minimum atomic E-state index is 0.190. The van der Waals surface area contributed by atoms with E-state index >= 15 is 0 Å². The van der Waals surface area contributed by atoms with Crippen LogP contribution in [0.25, 0.3) is 0 Å². The van der Waals surface area contributed by atoms with Crippen molar-refractivity contribution in [2.45, 2.75) is 200 Å². The van der Waals surface area contributed by atoms with E-state index in [9.17, 15) is 5.11 Å². The fourth-order valence-corrected chi connectivity index (χ4v) is 5.36. The first-order valence-electron chi connectivity index (χ1n) is 16.4. The quantitative estimate of drug-likeness (QED) is 0.0765. The Hall–Kier alpha value is -0.110. The van der Waals surface area contributed by atoms with Crippen molar-refractivity contribution in [3.63, 3.8) is 0 Å². The van der Waals surface area contributed by atoms with Gasteiger partial charge < -0.3 is 5.11 Å². The van der Waals surface area contributed by atoms with E-state index in [1.165, 1.54) is 180 Å². The van der Waals surface area contributed by atoms with E-state index in [0.29, 0.717) is 0 Å². The summed E-state index contributed by atoms with van der Waals surface area (Å²) in [6.07, 6.45) is 41.4. The Balaban J connectivity index is 3.05. The van der Waals surface area contributed by atoms with Gasteiger partial charge >= 0.3 is 0 Å². The van der Waals surface area contributed by atoms with Crippen LogP contribution in [0.2, 0.25) is 0 Å². The summed E-state index contributed by atoms with van der Waals surface area (Å²) in [5.74, 6) is 0.203. The lowest BCUT2D eigenvalue weighted by Crippen LogP contribution is -2.06. The monoisotopic (exact) mass is 510 g/mol. The van der Waals surface area contributed by atoms with Crippen LogP contribution in [0.1, 0.15) is 200 Å². The number of aliphatic hydroxyl groups is 1. The van der Waals surface area contributed by atoms with E-state index in [4.69, 9.17) is 12.2 Å². The molecule has 0 radical (unpaired) electrons. The third-order valence-electron chi connectivity index (χ3n) is 7.91. The number of hydrogen-bond acceptors (Lipinski definition) is 1. The lowest BCUT2D eigenvalue weighted by molar-refractivity contribution is 0.475. The Morgan fingerprint density at radius 3 is 0.829 bits per heavy atom. The zero-order valence-corrected chi connectivity index (χ0v) is 25.3. The second-order valence-electron chi connectivity index (χ2n) is 11.6. The molecule has 0 amide bonds. The van der Waals surface area contributed by atoms with Gasteiger partial charge in [-0.1, -0.05) is 194 Å². The SMILES string of the molecule is CCCCCCCCCCCCCCCCCCCCCCCCCCCCCCC(C)C(O)=S. The molecule has 0 aromatic rings. The zero-order chi connectivity index (χ0) is 25.7. The molecule has 1 unspecified atom stereocenters. The van der Waals surface area contributed by atoms with E-state index in [2.05, 4.69) is 6.92 Å². The van der Waals surface area contributed by atoms with Gasteiger partial charge in [0.1, 0.15) is 0 Å². The average molecular weight is 511 g/mol. The molecule has 1 N–H and O–H groups in total. The summed E-state index contributed by atoms with van der Waals surface area (Å²) in [6, 6.07) is 0. The third kappa shape index (κ3) is 30.0. The summed E-state index contributed by atoms with van der Waals surface area (Å²) in [5, 5.41) is 9.44. The highest BCUT2D eigenvalue weighted by Crippen LogP contribution is 2.17. The van der Waals surface area contributed by atoms with E-state index in [0.717, 1.165) is 6.42 Å². The van der Waals surface area contributed by atoms with E-state index in [1.54, 1.807) is 0 Å². The van der Waals surface area contributed by atoms with Crippen LogP contribution in [0.5, 0.6) is 0 Å². The van der Waals surface area contributed by atoms with Crippen molar-refractivity contribution in [3.8, 4) is 0 Å². The van der Waals surface area contributed by atoms with Crippen molar-refractivity contribution in [2.75, 3.05) is 0 Å². The molecule has 210 valence electrons. The van der Waals surface area contributed by atoms with Crippen LogP contribution in [-0.2, 0) is 0 Å². The van der Waals surface area contributed by atoms with Crippen molar-refractivity contribution in [2.24, 2.45) is 5.92 Å². The van der Waals surface area contributed by atoms with Crippen LogP contribution in [0.3, 0.4) is 0 Å². The Kier molecular flexibility index (Phi) is 30.0. The van der Waals surface area contributed by atoms with Gasteiger partial charge in [0.05, 0.1) is 0 Å². The molecule has 0 aromatic carbocycles. The van der Waals surface area contributed by atoms with Crippen molar-refractivity contribution in [1.29, 1.82) is 0 Å². The van der Waals surface area contributed by atoms with Crippen molar-refractivity contribution in [1.82, 2.24) is 0 Å². The molecule has 0 saturated carbocycles. The van der Waals surface area contributed by atoms with Gasteiger partial charge in [-0.3, -0.25) is 0 Å². The molecule has 0 bridgehead atoms. The number of hydrogen-bond donors (Lipinski definition) is 1. The molecular formula is C33H66OS. The molecule has 0 aliphatic rings. The molecule has 1 atom stereocenters. The highest BCUT2D eigenvalue weighted by Gasteiger charge is 2.05. The molecule has 0 aromatic heterocycles. The lowest BCUT2D eigenvalue weighted by atomic mass is 10.0. The van der Waals surface area contributed by atoms with Gasteiger partial charge in [0.15, 0.2) is 5.05 Å². The van der Waals surface area contributed by atoms with Gasteiger partial charge in [0.2, 0.25) is 0 Å². The van der Waals surface area contributed by atoms with Crippen LogP contribution in [0.4, 0.5) is 0 Å². The van der Waals surface area contributed by atoms with Crippen molar-refractivity contribution < 1.29 is 5.11 Å². The predicted octanol–water partition coefficient (Wildman–Crippen LogP) is 12.8. The Morgan fingerprint density at radius 2 is 0.629 bits per heavy atom. The summed E-state index contributed by atoms with van der Waals surface area (Å²) >= 11 is 4.82. The van der Waals surface area contributed by atoms with Crippen LogP contribution in [-0.4, -0.2) is 10.2 Å². The Labute approximate surface area is 228 Å². The van der Waals surface area contributed by atoms with Crippen LogP contribution in [0.15, 0.2) is 0 Å². The first-order chi connectivity index (χ1) is 17.2. The van der Waals surface area contributed by atoms with Crippen LogP contribution < -0.4 is 0 Å². The topological polar surface area (TPSA) is 20.2 Å². The summed E-state index contributed by atoms with van der Waals surface area (Å²) in [6.45, 7) is 4.33. The van der Waals surface area contributed by atoms with Crippen LogP contribution in [0, 0.1) is 5.92 Å². The fourth-order valence-electron chi connectivity index (χ4n) is 5.24. The molecule has 0 spiro atoms. The largest absolute Gasteiger partial charge is 0.502 e. The molecule has 0 heterocycles. The maximum absolute atomic E-state index is 9.25. The number of unbranched alkanes of at least 4 members (excludes halogenated alkanes) is 27. The molecule has 0 saturated heterocycles. The molecular weight excluding hydrogens is 444 g/mol. The van der Waals surface area contributed by atoms with Gasteiger partial charge in [-0.05, 0) is 18.6 Å². The maximum Gasteiger partial charge on any atom is 0.159 e. The molecule has 0 rings (SSSR count). The van der Waals surface area contributed by atoms with Gasteiger partial charge in [-0.15, -0.1) is 0 Å². The molecule has 35 heavy (non-hydrogen) atoms. The third-order valence-corrected chi connectivity index (χ3v) is 8.31. The normalized spacial score (nSPS) is 12.3. The van der Waals surface area contributed by atoms with Gasteiger partial charge in [0, 0.05) is 5.92 Å². The fraction of sp³-hybridized carbons (Fsp3) is 0.970. The second-order valence-corrected chi connectivity index (χ2v) is 12.0. The molecule has 1 nitrogen and oxygen atoms in total. The molecule has 0 fully saturated rings. The first-order valence-corrected chi connectivity index (χ1v) is 16.8. The van der Waals surface area contributed by atoms with Crippen molar-refractivity contribution in [3.05, 3.63) is 0 Å². The molecule has 0 aliphatic carbocycles. The minimum absolute atomic E-state index is 0.190. The van der Waals surface area contributed by atoms with E-state index in [-0.39, 0.29) is 11.0 Å². The van der Waals surface area contributed by atoms with Crippen molar-refractivity contribution >= 4 is 17.3 Å². The summed E-state index contributed by atoms with van der Waals surface area (Å²) in [5.41, 5.74) is 0. The Bertz CT molecular complexity index is 408. The minimum Gasteiger partial charge on any atom is -0.502 e. The highest BCUT2D eigenvalue weighted by molar-refractivity contribution is 7.80. The average Bonchev–Trinajstić information content (AvgIpc) is 2.85. The van der Waals surface area contributed by atoms with Gasteiger partial charge in [-0.2, -0.15) is 0 Å². The smallest absolute Gasteiger partial charge is 0.159 e. The first kappa shape index (κ1) is 34.9. The predicted molar refractivity (Wildman–Crippen MR) is 164 cm³/mol. The van der Waals surface area contributed by atoms with Gasteiger partial charge in [-0.25, -0.2) is 0 Å². The highest BCUT2D eigenvalue weighted by atomic mass is 32.1. The number of rotatable bonds is 30. The zero-order valence-electron chi connectivity index (χ0n) is 24.4. The molecule has 2 heteroatoms. The summed E-state index contributed by atoms with van der Waals surface area (Å²) in [4.78, 5) is 0. The lowest BCUT2D eigenvalue weighted by Gasteiger charge is -2.07. The maximum atomic E-state index is 9.25. The standard InChI is InChI=1S/C33H66OS/c1-3-4-5-6-7-8-9-10-11-12-13-14-15-16-17-18-19-20-21-22-23-24-25-26-27-28-29-30-31-32(2)33(34)35/h32H,3-31H2,1-2H3,(H,34,35). The number of thiocarbonyl (C=S) groups is 1. The van der Waals surface area contributed by atoms with Gasteiger partial charge in [0.25, 0.3) is 0 Å². The molecule has 0 aliphatic heterocycles. The van der Waals surface area contributed by atoms with E-state index < -0.39 is 0 Å². The van der Waals surface area contributed by atoms with Crippen LogP contribution >= 0.6 is 12.2 Å². The number of aliphatic hydroxyl groups excluding tert-OH is 1. The second kappa shape index (κ2) is 30.1. The van der Waals surface area contributed by atoms with E-state index in [1.807, 2.05) is 6.92 Å². The summed E-state index contributed by atoms with van der Waals surface area (Å²) < 4.78 is 0. The Morgan fingerprint density at radius 1 is 0.429 bits per heavy atom.